The number of hydroxylamine groups is 2. The molecule has 5 aliphatic rings. The number of aliphatic hydroxyl groups excluding tert-OH is 1. The van der Waals surface area contributed by atoms with E-state index in [-0.39, 0.29) is 17.3 Å². The van der Waals surface area contributed by atoms with Crippen LogP contribution in [0.5, 0.6) is 0 Å². The topological polar surface area (TPSA) is 53.8 Å². The molecule has 1 N–H and O–H groups in total. The average molecular weight is 441 g/mol. The van der Waals surface area contributed by atoms with Gasteiger partial charge in [-0.3, -0.25) is 4.84 Å². The molecule has 6 nitrogen and oxygen atoms in total. The Morgan fingerprint density at radius 2 is 2.03 bits per heavy atom. The monoisotopic (exact) mass is 440 g/mol. The Hall–Kier alpha value is -1.80. The van der Waals surface area contributed by atoms with E-state index in [1.54, 1.807) is 18.6 Å². The van der Waals surface area contributed by atoms with Gasteiger partial charge in [0.05, 0.1) is 37.0 Å². The third-order valence-corrected chi connectivity index (χ3v) is 8.51. The fraction of sp³-hybridized carbons (Fsp3) is 0.640. The highest BCUT2D eigenvalue weighted by Crippen LogP contribution is 2.59. The van der Waals surface area contributed by atoms with Crippen LogP contribution in [-0.2, 0) is 4.84 Å². The number of benzene rings is 1. The largest absolute Gasteiger partial charge is 0.392 e. The quantitative estimate of drug-likeness (QED) is 0.715. The van der Waals surface area contributed by atoms with Crippen LogP contribution in [0, 0.1) is 17.2 Å². The molecule has 4 atom stereocenters. The molecule has 172 valence electrons. The molecule has 4 bridgehead atoms. The summed E-state index contributed by atoms with van der Waals surface area (Å²) >= 11 is 0. The molecule has 0 amide bonds. The van der Waals surface area contributed by atoms with Crippen LogP contribution in [0.25, 0.3) is 11.3 Å². The van der Waals surface area contributed by atoms with Crippen molar-refractivity contribution in [3.63, 3.8) is 0 Å². The number of hydrogen-bond donors (Lipinski definition) is 1. The lowest BCUT2D eigenvalue weighted by molar-refractivity contribution is -0.292. The van der Waals surface area contributed by atoms with Gasteiger partial charge in [-0.2, -0.15) is 5.06 Å². The highest BCUT2D eigenvalue weighted by molar-refractivity contribution is 5.69. The van der Waals surface area contributed by atoms with E-state index in [9.17, 15) is 9.50 Å². The molecule has 2 saturated heterocycles. The summed E-state index contributed by atoms with van der Waals surface area (Å²) in [6, 6.07) is 5.83. The van der Waals surface area contributed by atoms with Gasteiger partial charge in [0.1, 0.15) is 5.82 Å². The lowest BCUT2D eigenvalue weighted by Gasteiger charge is -2.62. The Morgan fingerprint density at radius 1 is 1.25 bits per heavy atom. The molecular formula is C25H33FN4O2. The van der Waals surface area contributed by atoms with Gasteiger partial charge in [-0.15, -0.1) is 0 Å². The molecule has 3 aliphatic heterocycles. The molecule has 4 heterocycles. The fourth-order valence-electron chi connectivity index (χ4n) is 7.29. The smallest absolute Gasteiger partial charge is 0.129 e. The number of rotatable bonds is 7. The van der Waals surface area contributed by atoms with Crippen molar-refractivity contribution in [3.05, 3.63) is 42.1 Å². The number of aliphatic hydroxyl groups is 1. The Bertz CT molecular complexity index is 992. The molecule has 1 aromatic heterocycles. The maximum absolute atomic E-state index is 14.9. The minimum Gasteiger partial charge on any atom is -0.392 e. The van der Waals surface area contributed by atoms with Gasteiger partial charge < -0.3 is 14.6 Å². The highest BCUT2D eigenvalue weighted by Gasteiger charge is 2.58. The molecule has 2 aliphatic carbocycles. The summed E-state index contributed by atoms with van der Waals surface area (Å²) in [6.07, 6.45) is 9.01. The zero-order chi connectivity index (χ0) is 22.0. The van der Waals surface area contributed by atoms with Crippen LogP contribution in [0.1, 0.15) is 50.1 Å². The van der Waals surface area contributed by atoms with Crippen LogP contribution in [0.2, 0.25) is 0 Å². The molecule has 32 heavy (non-hydrogen) atoms. The summed E-state index contributed by atoms with van der Waals surface area (Å²) in [5, 5.41) is 13.9. The van der Waals surface area contributed by atoms with Gasteiger partial charge in [0, 0.05) is 29.8 Å². The second-order valence-corrected chi connectivity index (χ2v) is 10.8. The maximum Gasteiger partial charge on any atom is 0.129 e. The van der Waals surface area contributed by atoms with Crippen LogP contribution in [0.15, 0.2) is 30.7 Å². The van der Waals surface area contributed by atoms with Crippen molar-refractivity contribution in [2.24, 2.45) is 11.3 Å². The zero-order valence-electron chi connectivity index (χ0n) is 19.0. The van der Waals surface area contributed by atoms with Gasteiger partial charge in [0.15, 0.2) is 0 Å². The van der Waals surface area contributed by atoms with Gasteiger partial charge in [0.2, 0.25) is 0 Å². The zero-order valence-corrected chi connectivity index (χ0v) is 19.0. The predicted molar refractivity (Wildman–Crippen MR) is 119 cm³/mol. The SMILES string of the molecule is CN(C)CCON1C2CC3CC1CC(C(O)CC1c4c(F)cccc4-c4cncn41)(C3)C2. The summed E-state index contributed by atoms with van der Waals surface area (Å²) in [5.41, 5.74) is 2.47. The molecule has 4 fully saturated rings. The standard InChI is InChI=1S/C25H33FN4O2/c1-28(2)6-7-32-30-17-8-16-9-18(30)13-25(11-16,12-17)23(31)10-21-24-19(4-3-5-20(24)26)22-14-27-15-29(21)22/h3-5,14-18,21,23,31H,6-13H2,1-2H3. The van der Waals surface area contributed by atoms with Crippen molar-refractivity contribution in [1.29, 1.82) is 0 Å². The van der Waals surface area contributed by atoms with E-state index in [2.05, 4.69) is 29.0 Å². The third kappa shape index (κ3) is 3.16. The van der Waals surface area contributed by atoms with Crippen molar-refractivity contribution >= 4 is 0 Å². The van der Waals surface area contributed by atoms with Gasteiger partial charge in [-0.05, 0) is 70.0 Å². The normalized spacial score (nSPS) is 33.7. The molecule has 1 aromatic carbocycles. The fourth-order valence-corrected chi connectivity index (χ4v) is 7.29. The molecule has 7 rings (SSSR count). The Kier molecular flexibility index (Phi) is 4.95. The molecule has 7 heteroatoms. The number of aromatic nitrogens is 2. The van der Waals surface area contributed by atoms with Gasteiger partial charge >= 0.3 is 0 Å². The van der Waals surface area contributed by atoms with Crippen molar-refractivity contribution in [2.75, 3.05) is 27.2 Å². The van der Waals surface area contributed by atoms with E-state index in [0.717, 1.165) is 37.1 Å². The van der Waals surface area contributed by atoms with Crippen LogP contribution >= 0.6 is 0 Å². The maximum atomic E-state index is 14.9. The number of likely N-dealkylation sites (N-methyl/N-ethyl adjacent to an activating group) is 1. The molecular weight excluding hydrogens is 407 g/mol. The molecule has 0 spiro atoms. The second-order valence-electron chi connectivity index (χ2n) is 10.8. The van der Waals surface area contributed by atoms with Gasteiger partial charge in [-0.25, -0.2) is 9.37 Å². The lowest BCUT2D eigenvalue weighted by atomic mass is 9.53. The second kappa shape index (κ2) is 7.62. The van der Waals surface area contributed by atoms with Crippen LogP contribution in [0.3, 0.4) is 0 Å². The van der Waals surface area contributed by atoms with Crippen molar-refractivity contribution in [3.8, 4) is 11.3 Å². The number of nitrogens with zero attached hydrogens (tertiary/aromatic N) is 4. The van der Waals surface area contributed by atoms with Crippen LogP contribution in [0.4, 0.5) is 4.39 Å². The van der Waals surface area contributed by atoms with Crippen molar-refractivity contribution in [2.45, 2.75) is 62.8 Å². The summed E-state index contributed by atoms with van der Waals surface area (Å²) in [5.74, 6) is 0.474. The van der Waals surface area contributed by atoms with E-state index in [1.165, 1.54) is 18.9 Å². The molecule has 2 aromatic rings. The first-order chi connectivity index (χ1) is 15.4. The first kappa shape index (κ1) is 20.8. The number of imidazole rings is 1. The Morgan fingerprint density at radius 3 is 2.78 bits per heavy atom. The molecule has 4 unspecified atom stereocenters. The average Bonchev–Trinajstić information content (AvgIpc) is 3.33. The minimum atomic E-state index is -0.467. The minimum absolute atomic E-state index is 0.0906. The van der Waals surface area contributed by atoms with Crippen LogP contribution in [-0.4, -0.2) is 70.1 Å². The Balaban J connectivity index is 1.23. The number of piperidine rings is 2. The first-order valence-electron chi connectivity index (χ1n) is 12.0. The van der Waals surface area contributed by atoms with E-state index < -0.39 is 6.10 Å². The Labute approximate surface area is 188 Å². The van der Waals surface area contributed by atoms with Crippen LogP contribution < -0.4 is 0 Å². The van der Waals surface area contributed by atoms with Gasteiger partial charge in [0.25, 0.3) is 0 Å². The predicted octanol–water partition coefficient (Wildman–Crippen LogP) is 3.47. The summed E-state index contributed by atoms with van der Waals surface area (Å²) < 4.78 is 16.9. The van der Waals surface area contributed by atoms with E-state index >= 15 is 0 Å². The lowest BCUT2D eigenvalue weighted by Crippen LogP contribution is -2.64. The first-order valence-corrected chi connectivity index (χ1v) is 12.0. The van der Waals surface area contributed by atoms with E-state index in [0.29, 0.717) is 36.6 Å². The van der Waals surface area contributed by atoms with Crippen molar-refractivity contribution < 1.29 is 14.3 Å². The number of halogens is 1. The molecule has 0 radical (unpaired) electrons. The van der Waals surface area contributed by atoms with E-state index in [4.69, 9.17) is 4.84 Å². The third-order valence-electron chi connectivity index (χ3n) is 8.51. The van der Waals surface area contributed by atoms with E-state index in [1.807, 2.05) is 10.6 Å². The summed E-state index contributed by atoms with van der Waals surface area (Å²) in [4.78, 5) is 12.7. The number of fused-ring (bicyclic) bond motifs is 3. The van der Waals surface area contributed by atoms with Gasteiger partial charge in [-0.1, -0.05) is 12.1 Å². The number of hydrogen-bond acceptors (Lipinski definition) is 5. The summed E-state index contributed by atoms with van der Waals surface area (Å²) in [6.45, 7) is 1.62. The molecule has 2 saturated carbocycles. The van der Waals surface area contributed by atoms with Crippen molar-refractivity contribution in [1.82, 2.24) is 19.5 Å². The summed E-state index contributed by atoms with van der Waals surface area (Å²) in [7, 11) is 4.13. The highest BCUT2D eigenvalue weighted by atomic mass is 19.1.